The largest absolute Gasteiger partial charge is 0.369 e. The highest BCUT2D eigenvalue weighted by molar-refractivity contribution is 5.81. The topological polar surface area (TPSA) is 63.4 Å². The number of benzene rings is 1. The Morgan fingerprint density at radius 2 is 2.00 bits per heavy atom. The number of carbonyl (C=O) groups excluding carboxylic acids is 2. The number of amides is 2. The minimum Gasteiger partial charge on any atom is -0.369 e. The van der Waals surface area contributed by atoms with Crippen molar-refractivity contribution in [2.75, 3.05) is 6.54 Å². The summed E-state index contributed by atoms with van der Waals surface area (Å²) in [5.74, 6) is -0.376. The molecule has 2 amide bonds. The van der Waals surface area contributed by atoms with Crippen molar-refractivity contribution >= 4 is 11.8 Å². The Morgan fingerprint density at radius 3 is 2.77 bits per heavy atom. The van der Waals surface area contributed by atoms with Gasteiger partial charge in [-0.1, -0.05) is 18.2 Å². The van der Waals surface area contributed by atoms with Crippen LogP contribution in [0.4, 0.5) is 0 Å². The van der Waals surface area contributed by atoms with E-state index < -0.39 is 0 Å². The first-order valence-corrected chi connectivity index (χ1v) is 8.24. The van der Waals surface area contributed by atoms with Crippen LogP contribution in [0.15, 0.2) is 18.2 Å². The predicted octanol–water partition coefficient (Wildman–Crippen LogP) is 1.83. The molecule has 2 N–H and O–H groups in total. The lowest BCUT2D eigenvalue weighted by molar-refractivity contribution is -0.136. The molecule has 1 aromatic carbocycles. The average molecular weight is 300 g/mol. The van der Waals surface area contributed by atoms with E-state index in [-0.39, 0.29) is 23.8 Å². The zero-order valence-electron chi connectivity index (χ0n) is 13.2. The molecule has 4 heteroatoms. The highest BCUT2D eigenvalue weighted by Gasteiger charge is 2.31. The molecule has 0 radical (unpaired) electrons. The number of primary amides is 1. The maximum absolute atomic E-state index is 12.6. The fraction of sp³-hybridized carbons (Fsp3) is 0.556. The average Bonchev–Trinajstić information content (AvgIpc) is 2.94. The summed E-state index contributed by atoms with van der Waals surface area (Å²) in [5, 5.41) is 0. The molecule has 0 spiro atoms. The van der Waals surface area contributed by atoms with Crippen LogP contribution < -0.4 is 5.73 Å². The molecule has 1 aromatic rings. The number of fused-ring (bicyclic) bond motifs is 1. The van der Waals surface area contributed by atoms with Gasteiger partial charge in [0.25, 0.3) is 0 Å². The van der Waals surface area contributed by atoms with Crippen LogP contribution in [-0.2, 0) is 28.9 Å². The fourth-order valence-corrected chi connectivity index (χ4v) is 3.70. The van der Waals surface area contributed by atoms with Crippen molar-refractivity contribution in [2.45, 2.75) is 51.5 Å². The zero-order chi connectivity index (χ0) is 15.7. The van der Waals surface area contributed by atoms with Crippen LogP contribution in [0.5, 0.6) is 0 Å². The fourth-order valence-electron chi connectivity index (χ4n) is 3.70. The van der Waals surface area contributed by atoms with Crippen LogP contribution in [0, 0.1) is 5.92 Å². The third kappa shape index (κ3) is 3.01. The first-order chi connectivity index (χ1) is 10.5. The molecule has 22 heavy (non-hydrogen) atoms. The lowest BCUT2D eigenvalue weighted by atomic mass is 9.92. The number of aryl methyl sites for hydroxylation is 2. The number of likely N-dealkylation sites (tertiary alicyclic amines) is 1. The molecule has 1 aliphatic heterocycles. The van der Waals surface area contributed by atoms with E-state index >= 15 is 0 Å². The Bertz CT molecular complexity index is 597. The van der Waals surface area contributed by atoms with Crippen molar-refractivity contribution in [1.29, 1.82) is 0 Å². The predicted molar refractivity (Wildman–Crippen MR) is 85.3 cm³/mol. The van der Waals surface area contributed by atoms with Gasteiger partial charge in [-0.15, -0.1) is 0 Å². The molecule has 1 aliphatic carbocycles. The van der Waals surface area contributed by atoms with Gasteiger partial charge in [0.15, 0.2) is 0 Å². The van der Waals surface area contributed by atoms with Crippen LogP contribution in [0.1, 0.15) is 42.9 Å². The second kappa shape index (κ2) is 6.11. The van der Waals surface area contributed by atoms with Gasteiger partial charge in [0.2, 0.25) is 11.8 Å². The molecule has 4 nitrogen and oxygen atoms in total. The Balaban J connectivity index is 1.69. The second-order valence-electron chi connectivity index (χ2n) is 6.71. The third-order valence-corrected chi connectivity index (χ3v) is 5.12. The Labute approximate surface area is 131 Å². The number of nitrogens with two attached hydrogens (primary N) is 1. The summed E-state index contributed by atoms with van der Waals surface area (Å²) in [6.07, 6.45) is 5.57. The normalized spacial score (nSPS) is 24.1. The van der Waals surface area contributed by atoms with Crippen molar-refractivity contribution in [1.82, 2.24) is 4.90 Å². The molecule has 2 atom stereocenters. The van der Waals surface area contributed by atoms with Crippen LogP contribution in [0.2, 0.25) is 0 Å². The molecule has 2 aliphatic rings. The lowest BCUT2D eigenvalue weighted by Crippen LogP contribution is -2.49. The van der Waals surface area contributed by atoms with E-state index in [1.54, 1.807) is 0 Å². The summed E-state index contributed by atoms with van der Waals surface area (Å²) in [6, 6.07) is 6.61. The quantitative estimate of drug-likeness (QED) is 0.925. The minimum atomic E-state index is -0.290. The SMILES string of the molecule is CC1CCC(C(N)=O)CN1C(=O)Cc1ccc2c(c1)CCC2. The molecule has 0 bridgehead atoms. The minimum absolute atomic E-state index is 0.108. The van der Waals surface area contributed by atoms with Crippen molar-refractivity contribution in [3.8, 4) is 0 Å². The van der Waals surface area contributed by atoms with Gasteiger partial charge in [-0.25, -0.2) is 0 Å². The van der Waals surface area contributed by atoms with E-state index in [1.165, 1.54) is 17.5 Å². The Kier molecular flexibility index (Phi) is 4.19. The van der Waals surface area contributed by atoms with Gasteiger partial charge in [-0.05, 0) is 55.7 Å². The molecule has 1 heterocycles. The number of carbonyl (C=O) groups is 2. The van der Waals surface area contributed by atoms with Crippen molar-refractivity contribution in [3.63, 3.8) is 0 Å². The number of piperidine rings is 1. The van der Waals surface area contributed by atoms with Crippen LogP contribution in [0.25, 0.3) is 0 Å². The van der Waals surface area contributed by atoms with Gasteiger partial charge < -0.3 is 10.6 Å². The highest BCUT2D eigenvalue weighted by atomic mass is 16.2. The summed E-state index contributed by atoms with van der Waals surface area (Å²) in [4.78, 5) is 25.9. The van der Waals surface area contributed by atoms with Crippen LogP contribution >= 0.6 is 0 Å². The maximum atomic E-state index is 12.6. The molecule has 0 saturated carbocycles. The van der Waals surface area contributed by atoms with Crippen LogP contribution in [-0.4, -0.2) is 29.3 Å². The van der Waals surface area contributed by atoms with E-state index in [0.717, 1.165) is 31.2 Å². The van der Waals surface area contributed by atoms with Crippen molar-refractivity contribution in [2.24, 2.45) is 11.7 Å². The van der Waals surface area contributed by atoms with E-state index in [9.17, 15) is 9.59 Å². The number of hydrogen-bond donors (Lipinski definition) is 1. The van der Waals surface area contributed by atoms with Gasteiger partial charge in [-0.2, -0.15) is 0 Å². The smallest absolute Gasteiger partial charge is 0.227 e. The summed E-state index contributed by atoms with van der Waals surface area (Å²) < 4.78 is 0. The summed E-state index contributed by atoms with van der Waals surface area (Å²) in [7, 11) is 0. The first kappa shape index (κ1) is 15.1. The lowest BCUT2D eigenvalue weighted by Gasteiger charge is -2.37. The van der Waals surface area contributed by atoms with Crippen molar-refractivity contribution in [3.05, 3.63) is 34.9 Å². The summed E-state index contributed by atoms with van der Waals surface area (Å²) in [5.41, 5.74) is 9.32. The standard InChI is InChI=1S/C18H24N2O2/c1-12-5-7-16(18(19)22)11-20(12)17(21)10-13-6-8-14-3-2-4-15(14)9-13/h6,8-9,12,16H,2-5,7,10-11H2,1H3,(H2,19,22). The Hall–Kier alpha value is -1.84. The third-order valence-electron chi connectivity index (χ3n) is 5.12. The number of hydrogen-bond acceptors (Lipinski definition) is 2. The van der Waals surface area contributed by atoms with E-state index in [4.69, 9.17) is 5.73 Å². The Morgan fingerprint density at radius 1 is 1.23 bits per heavy atom. The molecular weight excluding hydrogens is 276 g/mol. The molecule has 118 valence electrons. The summed E-state index contributed by atoms with van der Waals surface area (Å²) >= 11 is 0. The van der Waals surface area contributed by atoms with E-state index in [0.29, 0.717) is 13.0 Å². The molecule has 2 unspecified atom stereocenters. The number of rotatable bonds is 3. The molecular formula is C18H24N2O2. The maximum Gasteiger partial charge on any atom is 0.227 e. The van der Waals surface area contributed by atoms with Gasteiger partial charge in [-0.3, -0.25) is 9.59 Å². The molecule has 0 aromatic heterocycles. The van der Waals surface area contributed by atoms with E-state index in [2.05, 4.69) is 25.1 Å². The summed E-state index contributed by atoms with van der Waals surface area (Å²) in [6.45, 7) is 2.53. The second-order valence-corrected chi connectivity index (χ2v) is 6.71. The van der Waals surface area contributed by atoms with Gasteiger partial charge >= 0.3 is 0 Å². The van der Waals surface area contributed by atoms with Crippen molar-refractivity contribution < 1.29 is 9.59 Å². The van der Waals surface area contributed by atoms with Crippen LogP contribution in [0.3, 0.4) is 0 Å². The molecule has 1 saturated heterocycles. The van der Waals surface area contributed by atoms with Gasteiger partial charge in [0, 0.05) is 12.6 Å². The molecule has 3 rings (SSSR count). The van der Waals surface area contributed by atoms with Gasteiger partial charge in [0.05, 0.1) is 12.3 Å². The number of nitrogens with zero attached hydrogens (tertiary/aromatic N) is 1. The monoisotopic (exact) mass is 300 g/mol. The van der Waals surface area contributed by atoms with E-state index in [1.807, 2.05) is 4.90 Å². The highest BCUT2D eigenvalue weighted by Crippen LogP contribution is 2.25. The van der Waals surface area contributed by atoms with Gasteiger partial charge in [0.1, 0.15) is 0 Å². The zero-order valence-corrected chi connectivity index (χ0v) is 13.2. The first-order valence-electron chi connectivity index (χ1n) is 8.24. The molecule has 1 fully saturated rings.